The van der Waals surface area contributed by atoms with Crippen molar-refractivity contribution in [2.24, 2.45) is 5.92 Å². The lowest BCUT2D eigenvalue weighted by molar-refractivity contribution is -0.121. The van der Waals surface area contributed by atoms with E-state index in [1.165, 1.54) is 22.3 Å². The van der Waals surface area contributed by atoms with E-state index in [1.54, 1.807) is 22.5 Å². The summed E-state index contributed by atoms with van der Waals surface area (Å²) in [4.78, 5) is 53.9. The van der Waals surface area contributed by atoms with Crippen LogP contribution in [0.1, 0.15) is 56.8 Å². The SMILES string of the molecule is O=C(Nc1nncs1)C1CCN(C(=O)c2ccc3c(c2)C(=O)N(CC2CCCO2)C3=O)CC1. The molecule has 0 spiro atoms. The Labute approximate surface area is 193 Å². The summed E-state index contributed by atoms with van der Waals surface area (Å²) in [6.45, 7) is 1.75. The molecule has 1 N–H and O–H groups in total. The number of fused-ring (bicyclic) bond motifs is 1. The molecule has 4 heterocycles. The van der Waals surface area contributed by atoms with Gasteiger partial charge in [-0.25, -0.2) is 0 Å². The van der Waals surface area contributed by atoms with Crippen molar-refractivity contribution in [2.75, 3.05) is 31.6 Å². The highest BCUT2D eigenvalue weighted by atomic mass is 32.1. The highest BCUT2D eigenvalue weighted by Gasteiger charge is 2.38. The number of nitrogens with zero attached hydrogens (tertiary/aromatic N) is 4. The van der Waals surface area contributed by atoms with Gasteiger partial charge in [-0.1, -0.05) is 11.3 Å². The van der Waals surface area contributed by atoms with E-state index in [1.807, 2.05) is 0 Å². The Hall–Kier alpha value is -3.18. The number of imide groups is 1. The molecule has 3 aliphatic rings. The van der Waals surface area contributed by atoms with E-state index in [9.17, 15) is 19.2 Å². The number of carbonyl (C=O) groups is 4. The minimum Gasteiger partial charge on any atom is -0.376 e. The third kappa shape index (κ3) is 4.25. The number of amides is 4. The summed E-state index contributed by atoms with van der Waals surface area (Å²) in [5.41, 5.74) is 2.50. The molecule has 4 amide bonds. The smallest absolute Gasteiger partial charge is 0.261 e. The van der Waals surface area contributed by atoms with Gasteiger partial charge in [-0.15, -0.1) is 10.2 Å². The van der Waals surface area contributed by atoms with Crippen LogP contribution in [0.5, 0.6) is 0 Å². The molecule has 5 rings (SSSR count). The average molecular weight is 470 g/mol. The van der Waals surface area contributed by atoms with E-state index in [4.69, 9.17) is 4.74 Å². The first-order chi connectivity index (χ1) is 16.0. The van der Waals surface area contributed by atoms with Crippen LogP contribution >= 0.6 is 11.3 Å². The molecule has 3 aliphatic heterocycles. The van der Waals surface area contributed by atoms with E-state index >= 15 is 0 Å². The van der Waals surface area contributed by atoms with Crippen LogP contribution in [0.2, 0.25) is 0 Å². The number of hydrogen-bond donors (Lipinski definition) is 1. The number of piperidine rings is 1. The van der Waals surface area contributed by atoms with Gasteiger partial charge in [0.25, 0.3) is 17.7 Å². The Morgan fingerprint density at radius 3 is 2.61 bits per heavy atom. The number of ether oxygens (including phenoxy) is 1. The fourth-order valence-corrected chi connectivity index (χ4v) is 4.99. The third-order valence-corrected chi connectivity index (χ3v) is 6.98. The first kappa shape index (κ1) is 21.7. The van der Waals surface area contributed by atoms with Crippen LogP contribution in [0.3, 0.4) is 0 Å². The second-order valence-corrected chi connectivity index (χ2v) is 9.25. The van der Waals surface area contributed by atoms with Crippen molar-refractivity contribution < 1.29 is 23.9 Å². The molecule has 10 nitrogen and oxygen atoms in total. The quantitative estimate of drug-likeness (QED) is 0.663. The summed E-state index contributed by atoms with van der Waals surface area (Å²) in [6.07, 6.45) is 2.69. The summed E-state index contributed by atoms with van der Waals surface area (Å²) in [6, 6.07) is 4.67. The van der Waals surface area contributed by atoms with Crippen LogP contribution in [0.4, 0.5) is 5.13 Å². The molecule has 1 unspecified atom stereocenters. The number of benzene rings is 1. The first-order valence-electron chi connectivity index (χ1n) is 11.0. The molecule has 1 aromatic heterocycles. The zero-order valence-corrected chi connectivity index (χ0v) is 18.7. The van der Waals surface area contributed by atoms with Gasteiger partial charge in [0.1, 0.15) is 5.51 Å². The van der Waals surface area contributed by atoms with Crippen molar-refractivity contribution >= 4 is 40.1 Å². The largest absolute Gasteiger partial charge is 0.376 e. The number of carbonyl (C=O) groups excluding carboxylic acids is 4. The molecule has 0 aliphatic carbocycles. The van der Waals surface area contributed by atoms with Crippen LogP contribution in [0, 0.1) is 5.92 Å². The third-order valence-electron chi connectivity index (χ3n) is 6.37. The van der Waals surface area contributed by atoms with Crippen molar-refractivity contribution in [2.45, 2.75) is 31.8 Å². The van der Waals surface area contributed by atoms with Crippen molar-refractivity contribution in [3.05, 3.63) is 40.4 Å². The van der Waals surface area contributed by atoms with E-state index in [0.717, 1.165) is 12.8 Å². The topological polar surface area (TPSA) is 122 Å². The first-order valence-corrected chi connectivity index (χ1v) is 11.9. The number of likely N-dealkylation sites (tertiary alicyclic amines) is 1. The fourth-order valence-electron chi connectivity index (χ4n) is 4.54. The van der Waals surface area contributed by atoms with E-state index < -0.39 is 0 Å². The Kier molecular flexibility index (Phi) is 5.90. The van der Waals surface area contributed by atoms with Crippen LogP contribution in [-0.4, -0.2) is 76.0 Å². The number of anilines is 1. The second-order valence-electron chi connectivity index (χ2n) is 8.42. The van der Waals surface area contributed by atoms with Gasteiger partial charge in [0.15, 0.2) is 0 Å². The molecule has 0 bridgehead atoms. The molecule has 1 aromatic carbocycles. The maximum absolute atomic E-state index is 13.1. The van der Waals surface area contributed by atoms with Crippen molar-refractivity contribution in [1.82, 2.24) is 20.0 Å². The zero-order valence-electron chi connectivity index (χ0n) is 17.9. The predicted molar refractivity (Wildman–Crippen MR) is 118 cm³/mol. The molecule has 2 aromatic rings. The second kappa shape index (κ2) is 8.99. The normalized spacial score (nSPS) is 20.9. The van der Waals surface area contributed by atoms with Crippen molar-refractivity contribution in [1.29, 1.82) is 0 Å². The van der Waals surface area contributed by atoms with Crippen LogP contribution < -0.4 is 5.32 Å². The molecule has 11 heteroatoms. The summed E-state index contributed by atoms with van der Waals surface area (Å²) in [7, 11) is 0. The number of nitrogens with one attached hydrogen (secondary N) is 1. The Morgan fingerprint density at radius 1 is 1.12 bits per heavy atom. The number of aromatic nitrogens is 2. The van der Waals surface area contributed by atoms with Gasteiger partial charge in [0.2, 0.25) is 11.0 Å². The molecular weight excluding hydrogens is 446 g/mol. The molecule has 172 valence electrons. The van der Waals surface area contributed by atoms with Gasteiger partial charge in [0.05, 0.1) is 23.8 Å². The Morgan fingerprint density at radius 2 is 1.91 bits per heavy atom. The highest BCUT2D eigenvalue weighted by Crippen LogP contribution is 2.27. The van der Waals surface area contributed by atoms with Gasteiger partial charge >= 0.3 is 0 Å². The predicted octanol–water partition coefficient (Wildman–Crippen LogP) is 1.80. The minimum atomic E-state index is -0.382. The number of hydrogen-bond acceptors (Lipinski definition) is 8. The molecule has 2 fully saturated rings. The lowest BCUT2D eigenvalue weighted by Crippen LogP contribution is -2.41. The van der Waals surface area contributed by atoms with Crippen LogP contribution in [0.15, 0.2) is 23.7 Å². The maximum atomic E-state index is 13.1. The van der Waals surface area contributed by atoms with E-state index in [0.29, 0.717) is 48.8 Å². The molecule has 33 heavy (non-hydrogen) atoms. The van der Waals surface area contributed by atoms with Gasteiger partial charge in [-0.2, -0.15) is 0 Å². The van der Waals surface area contributed by atoms with Gasteiger partial charge in [-0.05, 0) is 43.9 Å². The van der Waals surface area contributed by atoms with Crippen LogP contribution in [0.25, 0.3) is 0 Å². The summed E-state index contributed by atoms with van der Waals surface area (Å²) < 4.78 is 5.56. The van der Waals surface area contributed by atoms with Gasteiger partial charge in [0, 0.05) is 31.2 Å². The number of rotatable bonds is 5. The lowest BCUT2D eigenvalue weighted by Gasteiger charge is -2.31. The Balaban J connectivity index is 1.22. The average Bonchev–Trinajstić information content (AvgIpc) is 3.59. The minimum absolute atomic E-state index is 0.119. The van der Waals surface area contributed by atoms with Gasteiger partial charge in [-0.3, -0.25) is 24.1 Å². The van der Waals surface area contributed by atoms with E-state index in [2.05, 4.69) is 15.5 Å². The molecule has 0 saturated carbocycles. The standard InChI is InChI=1S/C22H23N5O5S/c28-18(24-22-25-23-12-33-22)13-5-7-26(8-6-13)19(29)14-3-4-16-17(10-14)21(31)27(20(16)30)11-15-2-1-9-32-15/h3-4,10,12-13,15H,1-2,5-9,11H2,(H,24,25,28). The molecule has 2 saturated heterocycles. The molecule has 1 atom stereocenters. The summed E-state index contributed by atoms with van der Waals surface area (Å²) in [5, 5.41) is 10.7. The summed E-state index contributed by atoms with van der Waals surface area (Å²) in [5.74, 6) is -1.26. The molecule has 0 radical (unpaired) electrons. The fraction of sp³-hybridized carbons (Fsp3) is 0.455. The monoisotopic (exact) mass is 469 g/mol. The molecular formula is C22H23N5O5S. The maximum Gasteiger partial charge on any atom is 0.261 e. The Bertz CT molecular complexity index is 1090. The lowest BCUT2D eigenvalue weighted by atomic mass is 9.95. The van der Waals surface area contributed by atoms with Crippen LogP contribution in [-0.2, 0) is 9.53 Å². The van der Waals surface area contributed by atoms with Crippen molar-refractivity contribution in [3.8, 4) is 0 Å². The summed E-state index contributed by atoms with van der Waals surface area (Å²) >= 11 is 1.26. The van der Waals surface area contributed by atoms with E-state index in [-0.39, 0.29) is 47.8 Å². The zero-order chi connectivity index (χ0) is 22.9. The van der Waals surface area contributed by atoms with Crippen molar-refractivity contribution in [3.63, 3.8) is 0 Å². The van der Waals surface area contributed by atoms with Gasteiger partial charge < -0.3 is 15.0 Å². The highest BCUT2D eigenvalue weighted by molar-refractivity contribution is 7.13.